The number of rotatable bonds is 4. The summed E-state index contributed by atoms with van der Waals surface area (Å²) in [5, 5.41) is 0.374. The minimum Gasteiger partial charge on any atom is -0.299 e. The molecular formula is C20H26FN3O. The summed E-state index contributed by atoms with van der Waals surface area (Å²) in [5.74, 6) is -0.429. The van der Waals surface area contributed by atoms with Gasteiger partial charge in [-0.1, -0.05) is 25.3 Å². The third kappa shape index (κ3) is 3.34. The van der Waals surface area contributed by atoms with E-state index in [0.29, 0.717) is 18.0 Å². The van der Waals surface area contributed by atoms with Gasteiger partial charge in [-0.2, -0.15) is 0 Å². The summed E-state index contributed by atoms with van der Waals surface area (Å²) in [4.78, 5) is 19.5. The van der Waals surface area contributed by atoms with Crippen molar-refractivity contribution in [1.29, 1.82) is 0 Å². The lowest BCUT2D eigenvalue weighted by atomic mass is 9.96. The highest BCUT2D eigenvalue weighted by molar-refractivity contribution is 5.77. The summed E-state index contributed by atoms with van der Waals surface area (Å²) in [6.45, 7) is 1.86. The second-order valence-corrected chi connectivity index (χ2v) is 7.49. The average Bonchev–Trinajstić information content (AvgIpc) is 3.17. The van der Waals surface area contributed by atoms with E-state index in [-0.39, 0.29) is 11.1 Å². The van der Waals surface area contributed by atoms with Gasteiger partial charge in [0, 0.05) is 18.6 Å². The van der Waals surface area contributed by atoms with Gasteiger partial charge in [0.25, 0.3) is 5.56 Å². The van der Waals surface area contributed by atoms with Crippen molar-refractivity contribution in [2.45, 2.75) is 70.0 Å². The zero-order chi connectivity index (χ0) is 17.2. The number of hydrogen-bond acceptors (Lipinski definition) is 3. The van der Waals surface area contributed by atoms with E-state index < -0.39 is 5.82 Å². The number of halogens is 1. The molecule has 0 amide bonds. The lowest BCUT2D eigenvalue weighted by Crippen LogP contribution is -2.45. The Morgan fingerprint density at radius 1 is 1.12 bits per heavy atom. The molecule has 2 aromatic rings. The molecular weight excluding hydrogens is 317 g/mol. The summed E-state index contributed by atoms with van der Waals surface area (Å²) in [5.41, 5.74) is 0.0433. The molecule has 0 N–H and O–H groups in total. The van der Waals surface area contributed by atoms with Crippen LogP contribution in [-0.4, -0.2) is 33.1 Å². The van der Waals surface area contributed by atoms with Crippen LogP contribution < -0.4 is 5.56 Å². The molecule has 4 nitrogen and oxygen atoms in total. The minimum atomic E-state index is -0.429. The van der Waals surface area contributed by atoms with E-state index >= 15 is 0 Å². The Labute approximate surface area is 147 Å². The number of nitrogens with zero attached hydrogens (tertiary/aromatic N) is 3. The molecule has 0 spiro atoms. The van der Waals surface area contributed by atoms with Crippen LogP contribution in [-0.2, 0) is 6.54 Å². The first-order valence-electron chi connectivity index (χ1n) is 9.63. The van der Waals surface area contributed by atoms with Crippen molar-refractivity contribution >= 4 is 10.9 Å². The maximum absolute atomic E-state index is 13.8. The van der Waals surface area contributed by atoms with Gasteiger partial charge in [0.05, 0.1) is 11.7 Å². The third-order valence-corrected chi connectivity index (χ3v) is 5.97. The molecule has 0 unspecified atom stereocenters. The number of fused-ring (bicyclic) bond motifs is 1. The van der Waals surface area contributed by atoms with E-state index in [1.165, 1.54) is 63.9 Å². The summed E-state index contributed by atoms with van der Waals surface area (Å²) in [6.07, 6.45) is 11.6. The Bertz CT molecular complexity index is 797. The van der Waals surface area contributed by atoms with Crippen molar-refractivity contribution in [2.75, 3.05) is 6.54 Å². The van der Waals surface area contributed by atoms with Crippen LogP contribution in [0.25, 0.3) is 10.9 Å². The summed E-state index contributed by atoms with van der Waals surface area (Å²) >= 11 is 0. The monoisotopic (exact) mass is 343 g/mol. The lowest BCUT2D eigenvalue weighted by Gasteiger charge is -2.40. The summed E-state index contributed by atoms with van der Waals surface area (Å²) < 4.78 is 15.4. The van der Waals surface area contributed by atoms with Gasteiger partial charge in [0.2, 0.25) is 0 Å². The Kier molecular flexibility index (Phi) is 4.84. The Balaban J connectivity index is 1.51. The van der Waals surface area contributed by atoms with Crippen LogP contribution in [0.15, 0.2) is 29.3 Å². The molecule has 1 aromatic heterocycles. The zero-order valence-electron chi connectivity index (χ0n) is 14.7. The topological polar surface area (TPSA) is 38.1 Å². The van der Waals surface area contributed by atoms with Crippen molar-refractivity contribution < 1.29 is 4.39 Å². The van der Waals surface area contributed by atoms with Crippen LogP contribution in [0.5, 0.6) is 0 Å². The maximum atomic E-state index is 13.8. The predicted molar refractivity (Wildman–Crippen MR) is 97.2 cm³/mol. The van der Waals surface area contributed by atoms with Crippen LogP contribution in [0, 0.1) is 5.82 Å². The van der Waals surface area contributed by atoms with Crippen molar-refractivity contribution in [2.24, 2.45) is 0 Å². The number of aromatic nitrogens is 2. The van der Waals surface area contributed by atoms with Crippen LogP contribution in [0.4, 0.5) is 4.39 Å². The molecule has 134 valence electrons. The van der Waals surface area contributed by atoms with E-state index in [9.17, 15) is 9.18 Å². The smallest absolute Gasteiger partial charge is 0.261 e. The highest BCUT2D eigenvalue weighted by atomic mass is 19.1. The van der Waals surface area contributed by atoms with Crippen LogP contribution in [0.1, 0.15) is 51.4 Å². The predicted octanol–water partition coefficient (Wildman–Crippen LogP) is 3.72. The zero-order valence-corrected chi connectivity index (χ0v) is 14.7. The largest absolute Gasteiger partial charge is 0.299 e. The number of aryl methyl sites for hydroxylation is 1. The van der Waals surface area contributed by atoms with Crippen LogP contribution >= 0.6 is 0 Å². The second-order valence-electron chi connectivity index (χ2n) is 7.49. The number of hydrogen-bond donors (Lipinski definition) is 0. The molecule has 4 rings (SSSR count). The van der Waals surface area contributed by atoms with Gasteiger partial charge in [-0.15, -0.1) is 0 Å². The quantitative estimate of drug-likeness (QED) is 0.849. The molecule has 1 aliphatic heterocycles. The van der Waals surface area contributed by atoms with Crippen LogP contribution in [0.2, 0.25) is 0 Å². The molecule has 1 atom stereocenters. The molecule has 1 aromatic carbocycles. The minimum absolute atomic E-state index is 0.132. The lowest BCUT2D eigenvalue weighted by molar-refractivity contribution is 0.0880. The van der Waals surface area contributed by atoms with E-state index in [1.807, 2.05) is 0 Å². The van der Waals surface area contributed by atoms with Gasteiger partial charge in [-0.25, -0.2) is 9.37 Å². The van der Waals surface area contributed by atoms with E-state index in [2.05, 4.69) is 9.88 Å². The Morgan fingerprint density at radius 2 is 1.92 bits per heavy atom. The van der Waals surface area contributed by atoms with Gasteiger partial charge in [-0.3, -0.25) is 14.3 Å². The molecule has 2 heterocycles. The molecule has 25 heavy (non-hydrogen) atoms. The van der Waals surface area contributed by atoms with Gasteiger partial charge in [0.1, 0.15) is 11.3 Å². The highest BCUT2D eigenvalue weighted by Crippen LogP contribution is 2.30. The molecule has 1 aliphatic carbocycles. The maximum Gasteiger partial charge on any atom is 0.261 e. The van der Waals surface area contributed by atoms with Gasteiger partial charge >= 0.3 is 0 Å². The molecule has 1 saturated heterocycles. The molecule has 2 aliphatic rings. The highest BCUT2D eigenvalue weighted by Gasteiger charge is 2.30. The number of piperidine rings is 1. The fraction of sp³-hybridized carbons (Fsp3) is 0.600. The standard InChI is InChI=1S/C20H26FN3O/c21-18-10-5-9-17-19(18)22-14-23(20(17)25)13-11-16-8-3-4-12-24(16)15-6-1-2-7-15/h5,9-10,14-16H,1-4,6-8,11-13H2/t16-/m0/s1. The fourth-order valence-corrected chi connectivity index (χ4v) is 4.65. The van der Waals surface area contributed by atoms with Gasteiger partial charge in [-0.05, 0) is 50.8 Å². The Hall–Kier alpha value is -1.75. The van der Waals surface area contributed by atoms with Crippen molar-refractivity contribution in [3.63, 3.8) is 0 Å². The van der Waals surface area contributed by atoms with Crippen molar-refractivity contribution in [1.82, 2.24) is 14.5 Å². The number of benzene rings is 1. The van der Waals surface area contributed by atoms with E-state index in [1.54, 1.807) is 16.7 Å². The normalized spacial score (nSPS) is 22.7. The average molecular weight is 343 g/mol. The molecule has 0 radical (unpaired) electrons. The van der Waals surface area contributed by atoms with E-state index in [0.717, 1.165) is 12.5 Å². The summed E-state index contributed by atoms with van der Waals surface area (Å²) in [7, 11) is 0. The van der Waals surface area contributed by atoms with E-state index in [4.69, 9.17) is 0 Å². The first kappa shape index (κ1) is 16.7. The Morgan fingerprint density at radius 3 is 2.76 bits per heavy atom. The number of likely N-dealkylation sites (tertiary alicyclic amines) is 1. The summed E-state index contributed by atoms with van der Waals surface area (Å²) in [6, 6.07) is 5.89. The van der Waals surface area contributed by atoms with Crippen LogP contribution in [0.3, 0.4) is 0 Å². The van der Waals surface area contributed by atoms with Crippen molar-refractivity contribution in [3.8, 4) is 0 Å². The van der Waals surface area contributed by atoms with Gasteiger partial charge < -0.3 is 0 Å². The molecule has 5 heteroatoms. The third-order valence-electron chi connectivity index (χ3n) is 5.97. The fourth-order valence-electron chi connectivity index (χ4n) is 4.65. The molecule has 1 saturated carbocycles. The first-order valence-corrected chi connectivity index (χ1v) is 9.63. The van der Waals surface area contributed by atoms with Crippen molar-refractivity contribution in [3.05, 3.63) is 40.7 Å². The van der Waals surface area contributed by atoms with Gasteiger partial charge in [0.15, 0.2) is 0 Å². The number of para-hydroxylation sites is 1. The second kappa shape index (κ2) is 7.24. The SMILES string of the molecule is O=c1c2cccc(F)c2ncn1CC[C@@H]1CCCCN1C1CCCC1. The molecule has 2 fully saturated rings. The molecule has 0 bridgehead atoms. The first-order chi connectivity index (χ1) is 12.2.